The fourth-order valence-corrected chi connectivity index (χ4v) is 1.42. The molecule has 0 radical (unpaired) electrons. The van der Waals surface area contributed by atoms with Gasteiger partial charge in [-0.15, -0.1) is 0 Å². The third kappa shape index (κ3) is 2.04. The molecule has 1 aromatic rings. The average Bonchev–Trinajstić information content (AvgIpc) is 2.11. The molecule has 0 saturated carbocycles. The molecule has 0 unspecified atom stereocenters. The summed E-state index contributed by atoms with van der Waals surface area (Å²) in [5.74, 6) is -0.732. The van der Waals surface area contributed by atoms with Crippen LogP contribution in [0.15, 0.2) is 11.0 Å². The van der Waals surface area contributed by atoms with E-state index in [0.29, 0.717) is 12.4 Å². The Bertz CT molecular complexity index is 436. The molecule has 6 nitrogen and oxygen atoms in total. The summed E-state index contributed by atoms with van der Waals surface area (Å²) in [6, 6.07) is 0. The molecule has 0 amide bonds. The fourth-order valence-electron chi connectivity index (χ4n) is 1.42. The lowest BCUT2D eigenvalue weighted by atomic mass is 10.2. The highest BCUT2D eigenvalue weighted by molar-refractivity contribution is 5.86. The lowest BCUT2D eigenvalue weighted by molar-refractivity contribution is 0.0694. The average molecular weight is 209 g/mol. The van der Waals surface area contributed by atoms with Gasteiger partial charge >= 0.3 is 5.97 Å². The summed E-state index contributed by atoms with van der Waals surface area (Å²) in [6.07, 6.45) is 2.27. The number of nitrogens with zero attached hydrogens (tertiary/aromatic N) is 2. The second kappa shape index (κ2) is 3.82. The number of nitrogens with one attached hydrogen (secondary N) is 1. The number of aromatic nitrogens is 2. The van der Waals surface area contributed by atoms with Gasteiger partial charge in [0.2, 0.25) is 0 Å². The van der Waals surface area contributed by atoms with E-state index in [-0.39, 0.29) is 5.56 Å². The zero-order chi connectivity index (χ0) is 10.8. The maximum absolute atomic E-state index is 11.3. The highest BCUT2D eigenvalue weighted by Gasteiger charge is 2.16. The summed E-state index contributed by atoms with van der Waals surface area (Å²) < 4.78 is 0. The standard InChI is InChI=1S/C9H11N3O3/c13-8-6(9(14)15)4-10-7(11-8)5-12-2-1-3-12/h4H,1-3,5H2,(H,14,15)(H,10,11,13). The Balaban J connectivity index is 2.17. The number of carbonyl (C=O) groups is 1. The number of hydrogen-bond donors (Lipinski definition) is 2. The number of rotatable bonds is 3. The molecule has 15 heavy (non-hydrogen) atoms. The number of aromatic amines is 1. The van der Waals surface area contributed by atoms with Gasteiger partial charge in [0.25, 0.3) is 5.56 Å². The van der Waals surface area contributed by atoms with Crippen LogP contribution in [-0.4, -0.2) is 39.0 Å². The molecule has 80 valence electrons. The minimum Gasteiger partial charge on any atom is -0.477 e. The zero-order valence-corrected chi connectivity index (χ0v) is 8.06. The first-order chi connectivity index (χ1) is 7.16. The summed E-state index contributed by atoms with van der Waals surface area (Å²) in [7, 11) is 0. The summed E-state index contributed by atoms with van der Waals surface area (Å²) in [4.78, 5) is 30.3. The number of carboxylic acid groups (broad SMARTS) is 1. The molecule has 0 atom stereocenters. The van der Waals surface area contributed by atoms with Crippen LogP contribution in [-0.2, 0) is 6.54 Å². The van der Waals surface area contributed by atoms with E-state index in [9.17, 15) is 9.59 Å². The molecule has 1 aromatic heterocycles. The van der Waals surface area contributed by atoms with Crippen molar-refractivity contribution in [3.63, 3.8) is 0 Å². The Morgan fingerprint density at radius 3 is 2.80 bits per heavy atom. The topological polar surface area (TPSA) is 86.3 Å². The Labute approximate surface area is 85.6 Å². The molecule has 1 fully saturated rings. The minimum absolute atomic E-state index is 0.317. The van der Waals surface area contributed by atoms with E-state index in [1.165, 1.54) is 0 Å². The zero-order valence-electron chi connectivity index (χ0n) is 8.06. The van der Waals surface area contributed by atoms with Gasteiger partial charge in [-0.3, -0.25) is 9.69 Å². The van der Waals surface area contributed by atoms with E-state index in [4.69, 9.17) is 5.11 Å². The van der Waals surface area contributed by atoms with Crippen molar-refractivity contribution in [2.75, 3.05) is 13.1 Å². The van der Waals surface area contributed by atoms with Crippen molar-refractivity contribution in [1.82, 2.24) is 14.9 Å². The van der Waals surface area contributed by atoms with Gasteiger partial charge in [-0.25, -0.2) is 9.78 Å². The lowest BCUT2D eigenvalue weighted by Crippen LogP contribution is -2.37. The molecular weight excluding hydrogens is 198 g/mol. The van der Waals surface area contributed by atoms with Gasteiger partial charge in [0.1, 0.15) is 11.4 Å². The SMILES string of the molecule is O=C(O)c1cnc(CN2CCC2)[nH]c1=O. The third-order valence-corrected chi connectivity index (χ3v) is 2.40. The largest absolute Gasteiger partial charge is 0.477 e. The first kappa shape index (κ1) is 9.85. The van der Waals surface area contributed by atoms with Crippen molar-refractivity contribution >= 4 is 5.97 Å². The second-order valence-electron chi connectivity index (χ2n) is 3.51. The van der Waals surface area contributed by atoms with Gasteiger partial charge in [0.05, 0.1) is 6.54 Å². The van der Waals surface area contributed by atoms with Gasteiger partial charge in [-0.05, 0) is 19.5 Å². The van der Waals surface area contributed by atoms with Crippen molar-refractivity contribution in [2.45, 2.75) is 13.0 Å². The predicted octanol–water partition coefficient (Wildman–Crippen LogP) is -0.326. The van der Waals surface area contributed by atoms with E-state index in [0.717, 1.165) is 25.7 Å². The van der Waals surface area contributed by atoms with E-state index >= 15 is 0 Å². The normalized spacial score (nSPS) is 16.0. The van der Waals surface area contributed by atoms with Crippen LogP contribution in [0.2, 0.25) is 0 Å². The van der Waals surface area contributed by atoms with Crippen LogP contribution >= 0.6 is 0 Å². The summed E-state index contributed by atoms with van der Waals surface area (Å²) in [5.41, 5.74) is -0.907. The lowest BCUT2D eigenvalue weighted by Gasteiger charge is -2.29. The van der Waals surface area contributed by atoms with Crippen LogP contribution in [0.5, 0.6) is 0 Å². The molecule has 6 heteroatoms. The molecule has 2 heterocycles. The van der Waals surface area contributed by atoms with Gasteiger partial charge in [-0.2, -0.15) is 0 Å². The van der Waals surface area contributed by atoms with E-state index in [1.807, 2.05) is 0 Å². The molecule has 0 aliphatic carbocycles. The molecule has 1 aliphatic rings. The number of carboxylic acids is 1. The predicted molar refractivity (Wildman–Crippen MR) is 51.7 cm³/mol. The highest BCUT2D eigenvalue weighted by atomic mass is 16.4. The van der Waals surface area contributed by atoms with Gasteiger partial charge in [-0.1, -0.05) is 0 Å². The van der Waals surface area contributed by atoms with Crippen molar-refractivity contribution in [1.29, 1.82) is 0 Å². The number of likely N-dealkylation sites (tertiary alicyclic amines) is 1. The number of aromatic carboxylic acids is 1. The van der Waals surface area contributed by atoms with Crippen LogP contribution < -0.4 is 5.56 Å². The monoisotopic (exact) mass is 209 g/mol. The Morgan fingerprint density at radius 2 is 2.33 bits per heavy atom. The van der Waals surface area contributed by atoms with Gasteiger partial charge < -0.3 is 10.1 Å². The summed E-state index contributed by atoms with van der Waals surface area (Å²) >= 11 is 0. The van der Waals surface area contributed by atoms with Crippen LogP contribution in [0.4, 0.5) is 0 Å². The highest BCUT2D eigenvalue weighted by Crippen LogP contribution is 2.08. The van der Waals surface area contributed by atoms with Crippen LogP contribution in [0.1, 0.15) is 22.6 Å². The smallest absolute Gasteiger partial charge is 0.342 e. The van der Waals surface area contributed by atoms with E-state index in [2.05, 4.69) is 14.9 Å². The maximum Gasteiger partial charge on any atom is 0.342 e. The van der Waals surface area contributed by atoms with Gasteiger partial charge in [0, 0.05) is 6.20 Å². The molecule has 0 bridgehead atoms. The molecular formula is C9H11N3O3. The van der Waals surface area contributed by atoms with Crippen molar-refractivity contribution < 1.29 is 9.90 Å². The Kier molecular flexibility index (Phi) is 2.51. The van der Waals surface area contributed by atoms with E-state index in [1.54, 1.807) is 0 Å². The van der Waals surface area contributed by atoms with Crippen LogP contribution in [0.3, 0.4) is 0 Å². The summed E-state index contributed by atoms with van der Waals surface area (Å²) in [5, 5.41) is 8.63. The minimum atomic E-state index is -1.25. The van der Waals surface area contributed by atoms with Gasteiger partial charge in [0.15, 0.2) is 0 Å². The molecule has 0 spiro atoms. The second-order valence-corrected chi connectivity index (χ2v) is 3.51. The van der Waals surface area contributed by atoms with Crippen LogP contribution in [0, 0.1) is 0 Å². The maximum atomic E-state index is 11.3. The van der Waals surface area contributed by atoms with E-state index < -0.39 is 11.5 Å². The summed E-state index contributed by atoms with van der Waals surface area (Å²) in [6.45, 7) is 2.59. The first-order valence-electron chi connectivity index (χ1n) is 4.70. The first-order valence-corrected chi connectivity index (χ1v) is 4.70. The van der Waals surface area contributed by atoms with Crippen molar-refractivity contribution in [3.05, 3.63) is 27.9 Å². The Morgan fingerprint density at radius 1 is 1.60 bits per heavy atom. The van der Waals surface area contributed by atoms with Crippen molar-refractivity contribution in [2.24, 2.45) is 0 Å². The van der Waals surface area contributed by atoms with Crippen molar-refractivity contribution in [3.8, 4) is 0 Å². The number of H-pyrrole nitrogens is 1. The quantitative estimate of drug-likeness (QED) is 0.712. The molecule has 1 aliphatic heterocycles. The Hall–Kier alpha value is -1.69. The third-order valence-electron chi connectivity index (χ3n) is 2.40. The molecule has 0 aromatic carbocycles. The molecule has 1 saturated heterocycles. The number of hydrogen-bond acceptors (Lipinski definition) is 4. The fraction of sp³-hybridized carbons (Fsp3) is 0.444. The van der Waals surface area contributed by atoms with Crippen LogP contribution in [0.25, 0.3) is 0 Å². The molecule has 2 N–H and O–H groups in total. The molecule has 2 rings (SSSR count).